The average molecular weight is 435 g/mol. The molecule has 0 aliphatic rings. The van der Waals surface area contributed by atoms with Crippen LogP contribution in [0.1, 0.15) is 25.1 Å². The Morgan fingerprint density at radius 2 is 2.03 bits per heavy atom. The highest BCUT2D eigenvalue weighted by Gasteiger charge is 2.23. The Bertz CT molecular complexity index is 1090. The van der Waals surface area contributed by atoms with E-state index in [2.05, 4.69) is 4.98 Å². The molecule has 3 rings (SSSR count). The van der Waals surface area contributed by atoms with Crippen LogP contribution in [0.5, 0.6) is 5.88 Å². The summed E-state index contributed by atoms with van der Waals surface area (Å²) < 4.78 is 1.51. The van der Waals surface area contributed by atoms with E-state index in [-0.39, 0.29) is 30.9 Å². The van der Waals surface area contributed by atoms with E-state index in [4.69, 9.17) is 28.9 Å². The molecule has 3 aromatic rings. The summed E-state index contributed by atoms with van der Waals surface area (Å²) in [7, 11) is 1.74. The minimum Gasteiger partial charge on any atom is -0.494 e. The Morgan fingerprint density at radius 1 is 1.34 bits per heavy atom. The highest BCUT2D eigenvalue weighted by Crippen LogP contribution is 2.42. The number of carbonyl (C=O) groups is 1. The molecular weight excluding hydrogens is 411 g/mol. The minimum absolute atomic E-state index is 0.00166. The monoisotopic (exact) mass is 434 g/mol. The molecule has 154 valence electrons. The average Bonchev–Trinajstić information content (AvgIpc) is 2.95. The first-order valence-electron chi connectivity index (χ1n) is 9.28. The number of benzene rings is 1. The molecule has 0 unspecified atom stereocenters. The van der Waals surface area contributed by atoms with E-state index in [9.17, 15) is 9.90 Å². The molecule has 0 atom stereocenters. The molecule has 0 aliphatic carbocycles. The number of aromatic nitrogens is 2. The van der Waals surface area contributed by atoms with Crippen LogP contribution in [0.15, 0.2) is 24.4 Å². The van der Waals surface area contributed by atoms with Gasteiger partial charge in [-0.2, -0.15) is 0 Å². The molecule has 0 fully saturated rings. The number of amides is 1. The zero-order valence-corrected chi connectivity index (χ0v) is 18.3. The van der Waals surface area contributed by atoms with Crippen LogP contribution in [0.25, 0.3) is 22.0 Å². The van der Waals surface area contributed by atoms with Gasteiger partial charge in [0.1, 0.15) is 6.54 Å². The Kier molecular flexibility index (Phi) is 6.08. The largest absolute Gasteiger partial charge is 0.494 e. The third-order valence-electron chi connectivity index (χ3n) is 5.18. The van der Waals surface area contributed by atoms with E-state index in [1.807, 2.05) is 20.8 Å². The Morgan fingerprint density at radius 3 is 2.62 bits per heavy atom. The maximum Gasteiger partial charge on any atom is 0.242 e. The molecule has 0 radical (unpaired) electrons. The molecule has 8 heteroatoms. The Balaban J connectivity index is 2.25. The summed E-state index contributed by atoms with van der Waals surface area (Å²) in [6.07, 6.45) is 1.68. The molecule has 1 aromatic carbocycles. The van der Waals surface area contributed by atoms with Crippen molar-refractivity contribution in [2.45, 2.75) is 39.9 Å². The fraction of sp³-hybridized carbons (Fsp3) is 0.333. The fourth-order valence-corrected chi connectivity index (χ4v) is 3.84. The molecule has 2 aromatic heterocycles. The molecule has 0 saturated heterocycles. The van der Waals surface area contributed by atoms with Crippen molar-refractivity contribution in [1.29, 1.82) is 0 Å². The van der Waals surface area contributed by atoms with E-state index in [0.29, 0.717) is 32.1 Å². The fourth-order valence-electron chi connectivity index (χ4n) is 3.34. The van der Waals surface area contributed by atoms with E-state index >= 15 is 0 Å². The molecule has 6 nitrogen and oxygen atoms in total. The molecule has 0 aliphatic heterocycles. The normalized spacial score (nSPS) is 11.4. The number of aromatic hydroxyl groups is 1. The first-order valence-corrected chi connectivity index (χ1v) is 10.0. The number of pyridine rings is 1. The molecule has 29 heavy (non-hydrogen) atoms. The zero-order chi connectivity index (χ0) is 21.5. The van der Waals surface area contributed by atoms with E-state index < -0.39 is 0 Å². The number of fused-ring (bicyclic) bond motifs is 1. The first kappa shape index (κ1) is 21.4. The number of rotatable bonds is 5. The summed E-state index contributed by atoms with van der Waals surface area (Å²) in [5, 5.41) is 12.5. The minimum atomic E-state index is -0.113. The summed E-state index contributed by atoms with van der Waals surface area (Å²) in [6.45, 7) is 5.96. The summed E-state index contributed by atoms with van der Waals surface area (Å²) >= 11 is 12.5. The molecular formula is C21H24Cl2N4O2. The van der Waals surface area contributed by atoms with Crippen LogP contribution in [0.2, 0.25) is 10.0 Å². The van der Waals surface area contributed by atoms with Gasteiger partial charge in [-0.15, -0.1) is 0 Å². The van der Waals surface area contributed by atoms with Crippen LogP contribution < -0.4 is 5.73 Å². The van der Waals surface area contributed by atoms with Crippen LogP contribution in [0, 0.1) is 6.92 Å². The third kappa shape index (κ3) is 3.92. The summed E-state index contributed by atoms with van der Waals surface area (Å²) in [6, 6.07) is 5.24. The van der Waals surface area contributed by atoms with Crippen LogP contribution in [-0.4, -0.2) is 38.6 Å². The van der Waals surface area contributed by atoms with Crippen molar-refractivity contribution in [3.8, 4) is 17.0 Å². The van der Waals surface area contributed by atoms with Gasteiger partial charge in [-0.05, 0) is 38.5 Å². The number of nitrogens with two attached hydrogens (primary N) is 1. The van der Waals surface area contributed by atoms with Gasteiger partial charge in [-0.3, -0.25) is 9.78 Å². The number of hydrogen-bond acceptors (Lipinski definition) is 4. The number of halogens is 2. The van der Waals surface area contributed by atoms with Gasteiger partial charge >= 0.3 is 0 Å². The Labute approximate surface area is 179 Å². The number of likely N-dealkylation sites (N-methyl/N-ethyl adjacent to an activating group) is 1. The molecule has 2 heterocycles. The lowest BCUT2D eigenvalue weighted by atomic mass is 9.95. The van der Waals surface area contributed by atoms with E-state index in [0.717, 1.165) is 11.3 Å². The van der Waals surface area contributed by atoms with Crippen LogP contribution >= 0.6 is 23.2 Å². The predicted octanol–water partition coefficient (Wildman–Crippen LogP) is 4.35. The van der Waals surface area contributed by atoms with Gasteiger partial charge in [-0.1, -0.05) is 29.3 Å². The summed E-state index contributed by atoms with van der Waals surface area (Å²) in [5.41, 5.74) is 9.50. The quantitative estimate of drug-likeness (QED) is 0.624. The second-order valence-corrected chi connectivity index (χ2v) is 8.16. The van der Waals surface area contributed by atoms with Crippen molar-refractivity contribution >= 4 is 40.0 Å². The van der Waals surface area contributed by atoms with Crippen molar-refractivity contribution in [2.24, 2.45) is 5.73 Å². The SMILES string of the molecule is Cc1nc2cn(CC(=O)N(C)C(C)C)c(O)c2c(-c2ccc(Cl)cc2Cl)c1CN. The van der Waals surface area contributed by atoms with Crippen LogP contribution in [-0.2, 0) is 17.9 Å². The van der Waals surface area contributed by atoms with Crippen molar-refractivity contribution in [3.05, 3.63) is 45.7 Å². The molecule has 3 N–H and O–H groups in total. The van der Waals surface area contributed by atoms with Crippen molar-refractivity contribution in [3.63, 3.8) is 0 Å². The van der Waals surface area contributed by atoms with Gasteiger partial charge in [0.05, 0.1) is 10.9 Å². The van der Waals surface area contributed by atoms with Crippen molar-refractivity contribution in [2.75, 3.05) is 7.05 Å². The van der Waals surface area contributed by atoms with Gasteiger partial charge < -0.3 is 20.3 Å². The molecule has 0 bridgehead atoms. The number of aryl methyl sites for hydroxylation is 1. The number of carbonyl (C=O) groups excluding carboxylic acids is 1. The lowest BCUT2D eigenvalue weighted by Gasteiger charge is -2.21. The van der Waals surface area contributed by atoms with Gasteiger partial charge in [-0.25, -0.2) is 0 Å². The summed E-state index contributed by atoms with van der Waals surface area (Å²) in [4.78, 5) is 18.8. The lowest BCUT2D eigenvalue weighted by Crippen LogP contribution is -2.35. The van der Waals surface area contributed by atoms with Crippen molar-refractivity contribution < 1.29 is 9.90 Å². The second-order valence-electron chi connectivity index (χ2n) is 7.32. The van der Waals surface area contributed by atoms with Crippen molar-refractivity contribution in [1.82, 2.24) is 14.5 Å². The maximum atomic E-state index is 12.5. The molecule has 0 spiro atoms. The second kappa shape index (κ2) is 8.22. The molecule has 0 saturated carbocycles. The molecule has 1 amide bonds. The van der Waals surface area contributed by atoms with Gasteiger partial charge in [0.15, 0.2) is 0 Å². The number of nitrogens with zero attached hydrogens (tertiary/aromatic N) is 3. The summed E-state index contributed by atoms with van der Waals surface area (Å²) in [5.74, 6) is -0.161. The highest BCUT2D eigenvalue weighted by molar-refractivity contribution is 6.36. The Hall–Kier alpha value is -2.28. The number of hydrogen-bond donors (Lipinski definition) is 2. The van der Waals surface area contributed by atoms with Crippen LogP contribution in [0.4, 0.5) is 0 Å². The highest BCUT2D eigenvalue weighted by atomic mass is 35.5. The maximum absolute atomic E-state index is 12.5. The smallest absolute Gasteiger partial charge is 0.242 e. The van der Waals surface area contributed by atoms with Crippen LogP contribution in [0.3, 0.4) is 0 Å². The standard InChI is InChI=1S/C21H24Cl2N4O2/c1-11(2)26(4)18(28)10-27-9-17-20(21(27)29)19(15(8-24)12(3)25-17)14-6-5-13(22)7-16(14)23/h5-7,9,11,29H,8,10,24H2,1-4H3. The van der Waals surface area contributed by atoms with Gasteiger partial charge in [0, 0.05) is 52.7 Å². The topological polar surface area (TPSA) is 84.4 Å². The zero-order valence-electron chi connectivity index (χ0n) is 16.8. The lowest BCUT2D eigenvalue weighted by molar-refractivity contribution is -0.132. The first-order chi connectivity index (χ1) is 13.6. The van der Waals surface area contributed by atoms with Gasteiger partial charge in [0.25, 0.3) is 0 Å². The van der Waals surface area contributed by atoms with Gasteiger partial charge in [0.2, 0.25) is 11.8 Å². The third-order valence-corrected chi connectivity index (χ3v) is 5.73. The van der Waals surface area contributed by atoms with E-state index in [1.54, 1.807) is 36.3 Å². The predicted molar refractivity (Wildman–Crippen MR) is 117 cm³/mol. The van der Waals surface area contributed by atoms with E-state index in [1.165, 1.54) is 4.57 Å².